The van der Waals surface area contributed by atoms with E-state index in [4.69, 9.17) is 4.52 Å². The summed E-state index contributed by atoms with van der Waals surface area (Å²) in [6, 6.07) is 5.14. The summed E-state index contributed by atoms with van der Waals surface area (Å²) < 4.78 is 44.4. The second-order valence-electron chi connectivity index (χ2n) is 8.08. The van der Waals surface area contributed by atoms with E-state index in [9.17, 15) is 18.0 Å². The fourth-order valence-corrected chi connectivity index (χ4v) is 4.79. The largest absolute Gasteiger partial charge is 0.416 e. The molecule has 1 amide bonds. The number of likely N-dealkylation sites (tertiary alicyclic amines) is 2. The van der Waals surface area contributed by atoms with E-state index in [1.165, 1.54) is 12.1 Å². The standard InChI is InChI=1S/C21H25F3N4O2/c1-13(27-10-4-8-17(27)18-9-5-11-28(18)14(2)29)20-25-19(26-30-20)15-6-3-7-16(12-15)21(22,23)24/h3,6-7,12-13,17-18H,4-5,8-11H2,1-2H3/t13-,17+,18+/m0/s1. The third-order valence-corrected chi connectivity index (χ3v) is 6.23. The lowest BCUT2D eigenvalue weighted by Gasteiger charge is -2.36. The maximum Gasteiger partial charge on any atom is 0.416 e. The van der Waals surface area contributed by atoms with E-state index in [-0.39, 0.29) is 35.4 Å². The van der Waals surface area contributed by atoms with Crippen LogP contribution in [-0.2, 0) is 11.0 Å². The SMILES string of the molecule is CC(=O)N1CCC[C@@H]1[C@H]1CCCN1[C@@H](C)c1nc(-c2cccc(C(F)(F)F)c2)no1. The number of halogens is 3. The Balaban J connectivity index is 1.54. The van der Waals surface area contributed by atoms with E-state index >= 15 is 0 Å². The summed E-state index contributed by atoms with van der Waals surface area (Å²) in [5.74, 6) is 0.619. The van der Waals surface area contributed by atoms with Gasteiger partial charge in [0.1, 0.15) is 0 Å². The fraction of sp³-hybridized carbons (Fsp3) is 0.571. The second kappa shape index (κ2) is 8.02. The van der Waals surface area contributed by atoms with Gasteiger partial charge in [-0.1, -0.05) is 17.3 Å². The van der Waals surface area contributed by atoms with Crippen molar-refractivity contribution in [2.45, 2.75) is 63.8 Å². The number of rotatable bonds is 4. The van der Waals surface area contributed by atoms with E-state index in [1.807, 2.05) is 11.8 Å². The maximum atomic E-state index is 13.0. The molecule has 0 spiro atoms. The predicted octanol–water partition coefficient (Wildman–Crippen LogP) is 4.29. The van der Waals surface area contributed by atoms with Crippen molar-refractivity contribution < 1.29 is 22.5 Å². The lowest BCUT2D eigenvalue weighted by atomic mass is 10.0. The van der Waals surface area contributed by atoms with E-state index in [1.54, 1.807) is 6.92 Å². The Bertz CT molecular complexity index is 914. The minimum absolute atomic E-state index is 0.0987. The van der Waals surface area contributed by atoms with Crippen molar-refractivity contribution in [3.05, 3.63) is 35.7 Å². The lowest BCUT2D eigenvalue weighted by molar-refractivity contribution is -0.137. The molecule has 9 heteroatoms. The maximum absolute atomic E-state index is 13.0. The average molecular weight is 422 g/mol. The van der Waals surface area contributed by atoms with E-state index in [0.29, 0.717) is 5.89 Å². The predicted molar refractivity (Wildman–Crippen MR) is 103 cm³/mol. The zero-order chi connectivity index (χ0) is 21.5. The molecule has 0 saturated carbocycles. The number of nitrogens with zero attached hydrogens (tertiary/aromatic N) is 4. The van der Waals surface area contributed by atoms with Crippen LogP contribution < -0.4 is 0 Å². The number of alkyl halides is 3. The Morgan fingerprint density at radius 3 is 2.67 bits per heavy atom. The topological polar surface area (TPSA) is 62.5 Å². The fourth-order valence-electron chi connectivity index (χ4n) is 4.79. The average Bonchev–Trinajstić information content (AvgIpc) is 3.46. The molecule has 0 radical (unpaired) electrons. The highest BCUT2D eigenvalue weighted by molar-refractivity contribution is 5.74. The van der Waals surface area contributed by atoms with Gasteiger partial charge in [0.05, 0.1) is 11.6 Å². The van der Waals surface area contributed by atoms with Crippen molar-refractivity contribution in [2.24, 2.45) is 0 Å². The first-order valence-electron chi connectivity index (χ1n) is 10.3. The van der Waals surface area contributed by atoms with Crippen molar-refractivity contribution in [3.63, 3.8) is 0 Å². The van der Waals surface area contributed by atoms with E-state index < -0.39 is 11.7 Å². The first-order valence-corrected chi connectivity index (χ1v) is 10.3. The summed E-state index contributed by atoms with van der Waals surface area (Å²) in [6.07, 6.45) is -0.433. The third kappa shape index (κ3) is 3.95. The van der Waals surface area contributed by atoms with Crippen LogP contribution >= 0.6 is 0 Å². The molecule has 2 aliphatic rings. The van der Waals surface area contributed by atoms with Crippen LogP contribution in [0.25, 0.3) is 11.4 Å². The zero-order valence-corrected chi connectivity index (χ0v) is 17.0. The molecular formula is C21H25F3N4O2. The quantitative estimate of drug-likeness (QED) is 0.736. The molecule has 162 valence electrons. The van der Waals surface area contributed by atoms with Crippen molar-refractivity contribution in [2.75, 3.05) is 13.1 Å². The first-order chi connectivity index (χ1) is 14.3. The third-order valence-electron chi connectivity index (χ3n) is 6.23. The molecule has 30 heavy (non-hydrogen) atoms. The Hall–Kier alpha value is -2.42. The molecule has 2 aromatic rings. The van der Waals surface area contributed by atoms with Gasteiger partial charge < -0.3 is 9.42 Å². The molecule has 4 rings (SSSR count). The number of hydrogen-bond acceptors (Lipinski definition) is 5. The molecule has 1 aromatic heterocycles. The van der Waals surface area contributed by atoms with Crippen molar-refractivity contribution in [1.82, 2.24) is 19.9 Å². The molecule has 0 N–H and O–H groups in total. The molecule has 2 fully saturated rings. The Labute approximate surface area is 173 Å². The molecule has 6 nitrogen and oxygen atoms in total. The van der Waals surface area contributed by atoms with E-state index in [2.05, 4.69) is 15.0 Å². The molecule has 0 aliphatic carbocycles. The number of benzene rings is 1. The van der Waals surface area contributed by atoms with Crippen molar-refractivity contribution in [3.8, 4) is 11.4 Å². The highest BCUT2D eigenvalue weighted by atomic mass is 19.4. The Kier molecular flexibility index (Phi) is 5.57. The number of carbonyl (C=O) groups is 1. The summed E-state index contributed by atoms with van der Waals surface area (Å²) in [7, 11) is 0. The number of hydrogen-bond donors (Lipinski definition) is 0. The second-order valence-corrected chi connectivity index (χ2v) is 8.08. The summed E-state index contributed by atoms with van der Waals surface area (Å²) in [6.45, 7) is 5.23. The first kappa shape index (κ1) is 20.8. The molecule has 3 heterocycles. The van der Waals surface area contributed by atoms with Crippen LogP contribution in [0.3, 0.4) is 0 Å². The van der Waals surface area contributed by atoms with Crippen LogP contribution in [0.2, 0.25) is 0 Å². The molecule has 2 aliphatic heterocycles. The van der Waals surface area contributed by atoms with Gasteiger partial charge in [-0.05, 0) is 51.3 Å². The summed E-state index contributed by atoms with van der Waals surface area (Å²) in [5, 5.41) is 3.92. The monoisotopic (exact) mass is 422 g/mol. The van der Waals surface area contributed by atoms with Crippen LogP contribution in [0.1, 0.15) is 57.0 Å². The molecule has 2 saturated heterocycles. The zero-order valence-electron chi connectivity index (χ0n) is 17.0. The lowest BCUT2D eigenvalue weighted by Crippen LogP contribution is -2.48. The molecule has 3 atom stereocenters. The highest BCUT2D eigenvalue weighted by Crippen LogP contribution is 2.36. The smallest absolute Gasteiger partial charge is 0.338 e. The van der Waals surface area contributed by atoms with Gasteiger partial charge in [0, 0.05) is 31.1 Å². The van der Waals surface area contributed by atoms with Gasteiger partial charge in [-0.2, -0.15) is 18.2 Å². The van der Waals surface area contributed by atoms with Gasteiger partial charge in [0.2, 0.25) is 17.6 Å². The van der Waals surface area contributed by atoms with Gasteiger partial charge in [-0.15, -0.1) is 0 Å². The normalized spacial score (nSPS) is 23.8. The summed E-state index contributed by atoms with van der Waals surface area (Å²) in [4.78, 5) is 20.6. The van der Waals surface area contributed by atoms with Crippen molar-refractivity contribution >= 4 is 5.91 Å². The number of amides is 1. The van der Waals surface area contributed by atoms with Crippen molar-refractivity contribution in [1.29, 1.82) is 0 Å². The molecule has 0 unspecified atom stereocenters. The molecule has 1 aromatic carbocycles. The highest BCUT2D eigenvalue weighted by Gasteiger charge is 2.41. The summed E-state index contributed by atoms with van der Waals surface area (Å²) in [5.41, 5.74) is -0.479. The van der Waals surface area contributed by atoms with Crippen LogP contribution in [0.4, 0.5) is 13.2 Å². The number of carbonyl (C=O) groups excluding carboxylic acids is 1. The van der Waals surface area contributed by atoms with Gasteiger partial charge >= 0.3 is 6.18 Å². The Morgan fingerprint density at radius 1 is 1.20 bits per heavy atom. The van der Waals surface area contributed by atoms with Crippen LogP contribution in [0, 0.1) is 0 Å². The van der Waals surface area contributed by atoms with Gasteiger partial charge in [-0.25, -0.2) is 0 Å². The molecular weight excluding hydrogens is 397 g/mol. The summed E-state index contributed by atoms with van der Waals surface area (Å²) >= 11 is 0. The van der Waals surface area contributed by atoms with Gasteiger partial charge in [-0.3, -0.25) is 9.69 Å². The van der Waals surface area contributed by atoms with Gasteiger partial charge in [0.25, 0.3) is 0 Å². The Morgan fingerprint density at radius 2 is 1.93 bits per heavy atom. The van der Waals surface area contributed by atoms with Crippen LogP contribution in [0.15, 0.2) is 28.8 Å². The number of aromatic nitrogens is 2. The minimum atomic E-state index is -4.43. The molecule has 0 bridgehead atoms. The van der Waals surface area contributed by atoms with Crippen LogP contribution in [-0.4, -0.2) is 51.0 Å². The van der Waals surface area contributed by atoms with E-state index in [0.717, 1.165) is 50.9 Å². The minimum Gasteiger partial charge on any atom is -0.338 e. The van der Waals surface area contributed by atoms with Crippen LogP contribution in [0.5, 0.6) is 0 Å². The van der Waals surface area contributed by atoms with Gasteiger partial charge in [0.15, 0.2) is 0 Å².